The maximum atomic E-state index is 5.34. The van der Waals surface area contributed by atoms with Crippen LogP contribution < -0.4 is 20.7 Å². The number of para-hydroxylation sites is 3. The molecule has 0 atom stereocenters. The topological polar surface area (TPSA) is 48.5 Å². The highest BCUT2D eigenvalue weighted by molar-refractivity contribution is 7.19. The summed E-state index contributed by atoms with van der Waals surface area (Å²) < 4.78 is 4.57. The van der Waals surface area contributed by atoms with Gasteiger partial charge in [-0.05, 0) is 57.1 Å². The quantitative estimate of drug-likeness (QED) is 0.113. The van der Waals surface area contributed by atoms with Gasteiger partial charge in [0, 0.05) is 38.4 Å². The van der Waals surface area contributed by atoms with Gasteiger partial charge in [-0.1, -0.05) is 200 Å². The lowest BCUT2D eigenvalue weighted by molar-refractivity contribution is 0.953. The molecule has 12 aromatic rings. The number of benzene rings is 9. The molecule has 0 spiro atoms. The zero-order valence-corrected chi connectivity index (χ0v) is 35.3. The Balaban J connectivity index is 1.05. The highest BCUT2D eigenvalue weighted by atomic mass is 28.3. The number of nitrogens with zero attached hydrogens (tertiary/aromatic N) is 5. The third kappa shape index (κ3) is 5.95. The molecule has 0 amide bonds. The third-order valence-corrected chi connectivity index (χ3v) is 17.3. The summed E-state index contributed by atoms with van der Waals surface area (Å²) in [5, 5.41) is 10.0. The first-order chi connectivity index (χ1) is 31.3. The molecule has 0 fully saturated rings. The van der Waals surface area contributed by atoms with Crippen molar-refractivity contribution in [2.45, 2.75) is 0 Å². The van der Waals surface area contributed by atoms with E-state index < -0.39 is 8.07 Å². The van der Waals surface area contributed by atoms with E-state index in [-0.39, 0.29) is 0 Å². The van der Waals surface area contributed by atoms with Gasteiger partial charge in [0.15, 0.2) is 19.7 Å². The molecule has 0 aliphatic rings. The second-order valence-electron chi connectivity index (χ2n) is 16.0. The molecule has 6 heteroatoms. The van der Waals surface area contributed by atoms with Crippen molar-refractivity contribution >= 4 is 72.4 Å². The van der Waals surface area contributed by atoms with E-state index >= 15 is 0 Å². The second-order valence-corrected chi connectivity index (χ2v) is 19.8. The Kier molecular flexibility index (Phi) is 8.76. The third-order valence-electron chi connectivity index (χ3n) is 12.5. The van der Waals surface area contributed by atoms with Gasteiger partial charge in [0.25, 0.3) is 0 Å². The molecule has 296 valence electrons. The maximum Gasteiger partial charge on any atom is 0.238 e. The molecule has 0 radical (unpaired) electrons. The Hall–Kier alpha value is -8.19. The smallest absolute Gasteiger partial charge is 0.238 e. The summed E-state index contributed by atoms with van der Waals surface area (Å²) in [5.41, 5.74) is 7.37. The molecule has 0 bridgehead atoms. The fraction of sp³-hybridized carbons (Fsp3) is 0. The molecule has 9 aromatic carbocycles. The van der Waals surface area contributed by atoms with E-state index in [1.807, 2.05) is 18.2 Å². The summed E-state index contributed by atoms with van der Waals surface area (Å²) in [6, 6.07) is 84.9. The van der Waals surface area contributed by atoms with Crippen molar-refractivity contribution < 1.29 is 0 Å². The standard InChI is InChI=1S/C57H39N5Si/c1-5-19-40(20-6-1)55-58-56(41-33-36-46(37-34-41)63(43-21-7-2-8-22-43,44-23-9-3-10-24-44)45-25-11-4-12-26-45)60-57(59-55)62-53-32-18-15-29-49(53)50-39-42(35-38-54(50)62)61-51-30-16-13-27-47(51)48-28-14-17-31-52(48)61/h1-39H. The molecule has 0 unspecified atom stereocenters. The number of fused-ring (bicyclic) bond motifs is 6. The van der Waals surface area contributed by atoms with E-state index in [0.717, 1.165) is 38.6 Å². The first-order valence-electron chi connectivity index (χ1n) is 21.4. The van der Waals surface area contributed by atoms with E-state index in [9.17, 15) is 0 Å². The first kappa shape index (κ1) is 36.6. The maximum absolute atomic E-state index is 5.34. The molecule has 0 N–H and O–H groups in total. The van der Waals surface area contributed by atoms with Gasteiger partial charge >= 0.3 is 0 Å². The molecule has 0 aliphatic heterocycles. The molecule has 5 nitrogen and oxygen atoms in total. The van der Waals surface area contributed by atoms with Crippen LogP contribution in [0.1, 0.15) is 0 Å². The number of aromatic nitrogens is 5. The SMILES string of the molecule is c1ccc(-c2nc(-c3ccc([Si](c4ccccc4)(c4ccccc4)c4ccccc4)cc3)nc(-n3c4ccccc4c4cc(-n5c6ccccc6c6ccccc65)ccc43)n2)cc1. The zero-order chi connectivity index (χ0) is 41.7. The van der Waals surface area contributed by atoms with Crippen molar-refractivity contribution in [1.82, 2.24) is 24.1 Å². The lowest BCUT2D eigenvalue weighted by Crippen LogP contribution is -2.74. The second kappa shape index (κ2) is 15.1. The van der Waals surface area contributed by atoms with Crippen LogP contribution in [-0.4, -0.2) is 32.2 Å². The molecule has 0 saturated carbocycles. The zero-order valence-electron chi connectivity index (χ0n) is 34.3. The van der Waals surface area contributed by atoms with Crippen molar-refractivity contribution in [3.63, 3.8) is 0 Å². The van der Waals surface area contributed by atoms with Crippen LogP contribution in [0, 0.1) is 0 Å². The van der Waals surface area contributed by atoms with Crippen LogP contribution in [0.25, 0.3) is 78.0 Å². The average molecular weight is 822 g/mol. The fourth-order valence-corrected chi connectivity index (χ4v) is 14.5. The minimum atomic E-state index is -2.72. The summed E-state index contributed by atoms with van der Waals surface area (Å²) in [6.07, 6.45) is 0. The van der Waals surface area contributed by atoms with Crippen LogP contribution >= 0.6 is 0 Å². The summed E-state index contributed by atoms with van der Waals surface area (Å²) in [4.78, 5) is 15.8. The van der Waals surface area contributed by atoms with E-state index in [0.29, 0.717) is 17.6 Å². The summed E-state index contributed by atoms with van der Waals surface area (Å²) in [5.74, 6) is 1.80. The van der Waals surface area contributed by atoms with Gasteiger partial charge in [-0.2, -0.15) is 9.97 Å². The van der Waals surface area contributed by atoms with Gasteiger partial charge < -0.3 is 4.57 Å². The average Bonchev–Trinajstić information content (AvgIpc) is 3.88. The van der Waals surface area contributed by atoms with Crippen LogP contribution in [0.4, 0.5) is 0 Å². The Morgan fingerprint density at radius 3 is 1.17 bits per heavy atom. The van der Waals surface area contributed by atoms with Gasteiger partial charge in [0.2, 0.25) is 5.95 Å². The van der Waals surface area contributed by atoms with Gasteiger partial charge in [-0.25, -0.2) is 4.98 Å². The van der Waals surface area contributed by atoms with Crippen LogP contribution in [0.3, 0.4) is 0 Å². The van der Waals surface area contributed by atoms with E-state index in [1.165, 1.54) is 42.6 Å². The molecule has 63 heavy (non-hydrogen) atoms. The summed E-state index contributed by atoms with van der Waals surface area (Å²) in [7, 11) is -2.72. The molecule has 3 aromatic heterocycles. The van der Waals surface area contributed by atoms with Gasteiger partial charge in [-0.3, -0.25) is 4.57 Å². The van der Waals surface area contributed by atoms with Crippen molar-refractivity contribution in [3.8, 4) is 34.4 Å². The van der Waals surface area contributed by atoms with Gasteiger partial charge in [0.1, 0.15) is 0 Å². The Bertz CT molecular complexity index is 3450. The van der Waals surface area contributed by atoms with Crippen molar-refractivity contribution in [1.29, 1.82) is 0 Å². The minimum Gasteiger partial charge on any atom is -0.309 e. The lowest BCUT2D eigenvalue weighted by Gasteiger charge is -2.34. The largest absolute Gasteiger partial charge is 0.309 e. The van der Waals surface area contributed by atoms with E-state index in [4.69, 9.17) is 15.0 Å². The Morgan fingerprint density at radius 1 is 0.286 bits per heavy atom. The number of hydrogen-bond donors (Lipinski definition) is 0. The molecular weight excluding hydrogens is 783 g/mol. The predicted octanol–water partition coefficient (Wildman–Crippen LogP) is 10.8. The Morgan fingerprint density at radius 2 is 0.667 bits per heavy atom. The van der Waals surface area contributed by atoms with Crippen LogP contribution in [0.5, 0.6) is 0 Å². The Labute approximate surface area is 365 Å². The summed E-state index contributed by atoms with van der Waals surface area (Å²) >= 11 is 0. The van der Waals surface area contributed by atoms with Crippen molar-refractivity contribution in [2.75, 3.05) is 0 Å². The van der Waals surface area contributed by atoms with E-state index in [2.05, 4.69) is 228 Å². The normalized spacial score (nSPS) is 11.8. The molecule has 12 rings (SSSR count). The fourth-order valence-electron chi connectivity index (χ4n) is 9.76. The van der Waals surface area contributed by atoms with Gasteiger partial charge in [-0.15, -0.1) is 0 Å². The summed E-state index contributed by atoms with van der Waals surface area (Å²) in [6.45, 7) is 0. The molecular formula is C57H39N5Si. The predicted molar refractivity (Wildman–Crippen MR) is 263 cm³/mol. The molecule has 0 saturated heterocycles. The van der Waals surface area contributed by atoms with Crippen LogP contribution in [0.15, 0.2) is 237 Å². The molecule has 0 aliphatic carbocycles. The number of rotatable bonds is 8. The van der Waals surface area contributed by atoms with E-state index in [1.54, 1.807) is 0 Å². The highest BCUT2D eigenvalue weighted by Gasteiger charge is 2.41. The van der Waals surface area contributed by atoms with Crippen molar-refractivity contribution in [2.24, 2.45) is 0 Å². The minimum absolute atomic E-state index is 0.570. The highest BCUT2D eigenvalue weighted by Crippen LogP contribution is 2.37. The first-order valence-corrected chi connectivity index (χ1v) is 23.4. The monoisotopic (exact) mass is 821 g/mol. The van der Waals surface area contributed by atoms with Crippen molar-refractivity contribution in [3.05, 3.63) is 237 Å². The van der Waals surface area contributed by atoms with Gasteiger partial charge in [0.05, 0.1) is 22.1 Å². The lowest BCUT2D eigenvalue weighted by atomic mass is 10.1. The van der Waals surface area contributed by atoms with Crippen LogP contribution in [-0.2, 0) is 0 Å². The molecule has 3 heterocycles. The van der Waals surface area contributed by atoms with Crippen LogP contribution in [0.2, 0.25) is 0 Å². The number of hydrogen-bond acceptors (Lipinski definition) is 3.